The Balaban J connectivity index is 1.40. The van der Waals surface area contributed by atoms with E-state index in [1.807, 2.05) is 0 Å². The maximum Gasteiger partial charge on any atom is 0.294 e. The van der Waals surface area contributed by atoms with E-state index in [1.54, 1.807) is 0 Å². The van der Waals surface area contributed by atoms with Crippen molar-refractivity contribution in [3.8, 4) is 22.3 Å². The minimum Gasteiger partial charge on any atom is -0.236 e. The third kappa shape index (κ3) is 3.22. The molecule has 2 heterocycles. The second kappa shape index (κ2) is 8.51. The van der Waals surface area contributed by atoms with E-state index in [1.165, 1.54) is 71.0 Å². The molecule has 190 valence electrons. The van der Waals surface area contributed by atoms with Crippen molar-refractivity contribution in [3.63, 3.8) is 0 Å². The highest BCUT2D eigenvalue weighted by Gasteiger charge is 2.22. The number of nitrogens with zero attached hydrogens (tertiary/aromatic N) is 1. The van der Waals surface area contributed by atoms with E-state index in [2.05, 4.69) is 155 Å². The van der Waals surface area contributed by atoms with Crippen LogP contribution >= 0.6 is 0 Å². The number of pyridine rings is 1. The molecule has 0 atom stereocenters. The summed E-state index contributed by atoms with van der Waals surface area (Å²) in [4.78, 5) is 3.78. The molecule has 9 rings (SSSR count). The topological polar surface area (TPSA) is 19.9 Å². The molecule has 1 N–H and O–H groups in total. The highest BCUT2D eigenvalue weighted by atomic mass is 15.0. The Morgan fingerprint density at radius 2 is 1.07 bits per heavy atom. The summed E-state index contributed by atoms with van der Waals surface area (Å²) in [5.74, 6) is 0. The van der Waals surface area contributed by atoms with E-state index in [0.717, 1.165) is 11.2 Å². The van der Waals surface area contributed by atoms with Crippen LogP contribution in [0.2, 0.25) is 0 Å². The van der Waals surface area contributed by atoms with Gasteiger partial charge in [0.25, 0.3) is 5.65 Å². The fraction of sp³-hybridized carbons (Fsp3) is 0. The Labute approximate surface area is 236 Å². The number of H-pyrrole nitrogens is 1. The molecule has 0 aliphatic carbocycles. The normalized spacial score (nSPS) is 11.9. The molecule has 0 saturated carbocycles. The van der Waals surface area contributed by atoms with Crippen LogP contribution in [-0.2, 0) is 0 Å². The highest BCUT2D eigenvalue weighted by molar-refractivity contribution is 6.21. The van der Waals surface area contributed by atoms with Gasteiger partial charge in [-0.2, -0.15) is 4.40 Å². The van der Waals surface area contributed by atoms with Crippen LogP contribution in [0.25, 0.3) is 82.2 Å². The van der Waals surface area contributed by atoms with Crippen LogP contribution in [0.15, 0.2) is 146 Å². The molecule has 0 unspecified atom stereocenters. The van der Waals surface area contributed by atoms with Crippen molar-refractivity contribution < 1.29 is 4.40 Å². The predicted molar refractivity (Wildman–Crippen MR) is 172 cm³/mol. The van der Waals surface area contributed by atoms with Crippen LogP contribution in [0.4, 0.5) is 0 Å². The van der Waals surface area contributed by atoms with Crippen molar-refractivity contribution in [2.75, 3.05) is 0 Å². The molecule has 2 heteroatoms. The van der Waals surface area contributed by atoms with Crippen molar-refractivity contribution in [2.24, 2.45) is 0 Å². The summed E-state index contributed by atoms with van der Waals surface area (Å²) in [5.41, 5.74) is 9.62. The molecule has 0 spiro atoms. The predicted octanol–water partition coefficient (Wildman–Crippen LogP) is 9.85. The van der Waals surface area contributed by atoms with Crippen LogP contribution < -0.4 is 4.40 Å². The molecule has 0 bridgehead atoms. The van der Waals surface area contributed by atoms with Crippen LogP contribution in [0.1, 0.15) is 0 Å². The molecule has 0 radical (unpaired) electrons. The van der Waals surface area contributed by atoms with Gasteiger partial charge in [0.1, 0.15) is 5.52 Å². The molecule has 0 aliphatic heterocycles. The average Bonchev–Trinajstić information content (AvgIpc) is 3.44. The Morgan fingerprint density at radius 1 is 0.415 bits per heavy atom. The fourth-order valence-electron chi connectivity index (χ4n) is 6.79. The molecule has 0 saturated heterocycles. The maximum atomic E-state index is 3.78. The molecule has 9 aromatic rings. The number of nitrogens with one attached hydrogen (secondary N) is 1. The minimum atomic E-state index is 1.13. The van der Waals surface area contributed by atoms with Gasteiger partial charge in [-0.1, -0.05) is 121 Å². The second-order valence-corrected chi connectivity index (χ2v) is 10.8. The van der Waals surface area contributed by atoms with E-state index < -0.39 is 0 Å². The van der Waals surface area contributed by atoms with Crippen LogP contribution in [0.5, 0.6) is 0 Å². The first-order valence-corrected chi connectivity index (χ1v) is 14.1. The summed E-state index contributed by atoms with van der Waals surface area (Å²) in [6.07, 6.45) is 0. The summed E-state index contributed by atoms with van der Waals surface area (Å²) < 4.78 is 2.42. The Morgan fingerprint density at radius 3 is 1.90 bits per heavy atom. The van der Waals surface area contributed by atoms with Crippen LogP contribution in [0.3, 0.4) is 0 Å². The molecule has 0 amide bonds. The highest BCUT2D eigenvalue weighted by Crippen LogP contribution is 2.38. The summed E-state index contributed by atoms with van der Waals surface area (Å²) >= 11 is 0. The quantitative estimate of drug-likeness (QED) is 0.173. The minimum absolute atomic E-state index is 1.13. The maximum absolute atomic E-state index is 3.78. The number of para-hydroxylation sites is 2. The van der Waals surface area contributed by atoms with Gasteiger partial charge in [-0.05, 0) is 68.1 Å². The lowest BCUT2D eigenvalue weighted by Crippen LogP contribution is -2.21. The zero-order valence-electron chi connectivity index (χ0n) is 22.3. The molecule has 41 heavy (non-hydrogen) atoms. The van der Waals surface area contributed by atoms with Gasteiger partial charge in [0.15, 0.2) is 11.0 Å². The monoisotopic (exact) mass is 521 g/mol. The van der Waals surface area contributed by atoms with E-state index in [-0.39, 0.29) is 0 Å². The molecule has 0 aliphatic rings. The van der Waals surface area contributed by atoms with Crippen molar-refractivity contribution >= 4 is 59.9 Å². The fourth-order valence-corrected chi connectivity index (χ4v) is 6.79. The second-order valence-electron chi connectivity index (χ2n) is 10.8. The standard InChI is InChI=1S/C39H24N2/c1-2-10-25(11-3-1)28-22-23-29(32-15-7-6-14-31(28)32)27-19-20-33-34-21-18-26-12-4-5-13-30(26)38(34)39-40-35-16-8-9-17-36(35)41(39)37(33)24-27/h1-24H/p+1. The van der Waals surface area contributed by atoms with Gasteiger partial charge >= 0.3 is 0 Å². The Hall–Kier alpha value is -5.47. The number of benzene rings is 7. The summed E-state index contributed by atoms with van der Waals surface area (Å²) in [7, 11) is 0. The van der Waals surface area contributed by atoms with Crippen LogP contribution in [-0.4, -0.2) is 4.98 Å². The number of imidazole rings is 1. The van der Waals surface area contributed by atoms with Gasteiger partial charge in [-0.25, -0.2) is 4.98 Å². The van der Waals surface area contributed by atoms with Gasteiger partial charge in [0.2, 0.25) is 0 Å². The lowest BCUT2D eigenvalue weighted by molar-refractivity contribution is -0.448. The molecule has 2 nitrogen and oxygen atoms in total. The molecular weight excluding hydrogens is 496 g/mol. The first-order valence-electron chi connectivity index (χ1n) is 14.1. The zero-order valence-corrected chi connectivity index (χ0v) is 22.3. The number of rotatable bonds is 2. The van der Waals surface area contributed by atoms with Crippen molar-refractivity contribution in [1.29, 1.82) is 0 Å². The lowest BCUT2D eigenvalue weighted by atomic mass is 9.91. The van der Waals surface area contributed by atoms with Crippen molar-refractivity contribution in [2.45, 2.75) is 0 Å². The van der Waals surface area contributed by atoms with Crippen molar-refractivity contribution in [1.82, 2.24) is 4.98 Å². The SMILES string of the molecule is c1ccc(-c2ccc(-c3ccc4c5ccc6ccccc6c5c5[nH]c6ccccc6[n+]5c4c3)c3ccccc23)cc1. The average molecular weight is 522 g/mol. The van der Waals surface area contributed by atoms with Gasteiger partial charge in [0, 0.05) is 10.8 Å². The number of aromatic amines is 1. The summed E-state index contributed by atoms with van der Waals surface area (Å²) in [6, 6.07) is 52.9. The zero-order chi connectivity index (χ0) is 26.9. The van der Waals surface area contributed by atoms with E-state index in [9.17, 15) is 0 Å². The number of aromatic nitrogens is 2. The smallest absolute Gasteiger partial charge is 0.236 e. The number of fused-ring (bicyclic) bond motifs is 11. The molecule has 7 aromatic carbocycles. The number of hydrogen-bond acceptors (Lipinski definition) is 0. The van der Waals surface area contributed by atoms with E-state index >= 15 is 0 Å². The number of hydrogen-bond donors (Lipinski definition) is 1. The first-order chi connectivity index (χ1) is 20.3. The Kier molecular flexibility index (Phi) is 4.64. The van der Waals surface area contributed by atoms with Gasteiger partial charge < -0.3 is 0 Å². The summed E-state index contributed by atoms with van der Waals surface area (Å²) in [5, 5.41) is 8.83. The largest absolute Gasteiger partial charge is 0.294 e. The van der Waals surface area contributed by atoms with Gasteiger partial charge in [0.05, 0.1) is 5.39 Å². The van der Waals surface area contributed by atoms with Crippen LogP contribution in [0, 0.1) is 0 Å². The van der Waals surface area contributed by atoms with E-state index in [0.29, 0.717) is 0 Å². The molecular formula is C39H25N2+. The van der Waals surface area contributed by atoms with Gasteiger partial charge in [-0.3, -0.25) is 0 Å². The summed E-state index contributed by atoms with van der Waals surface area (Å²) in [6.45, 7) is 0. The Bertz CT molecular complexity index is 2470. The third-order valence-electron chi connectivity index (χ3n) is 8.64. The van der Waals surface area contributed by atoms with Crippen molar-refractivity contribution in [3.05, 3.63) is 146 Å². The third-order valence-corrected chi connectivity index (χ3v) is 8.64. The molecule has 0 fully saturated rings. The lowest BCUT2D eigenvalue weighted by Gasteiger charge is -2.13. The van der Waals surface area contributed by atoms with Gasteiger partial charge in [-0.15, -0.1) is 0 Å². The van der Waals surface area contributed by atoms with E-state index in [4.69, 9.17) is 0 Å². The first kappa shape index (κ1) is 22.4. The molecule has 2 aromatic heterocycles.